The van der Waals surface area contributed by atoms with Gasteiger partial charge in [0.15, 0.2) is 5.82 Å². The molecule has 3 aromatic rings. The van der Waals surface area contributed by atoms with E-state index in [0.29, 0.717) is 17.3 Å². The Bertz CT molecular complexity index is 964. The number of likely N-dealkylation sites (tertiary alicyclic amines) is 1. The highest BCUT2D eigenvalue weighted by atomic mass is 16.2. The van der Waals surface area contributed by atoms with Gasteiger partial charge < -0.3 is 4.90 Å². The minimum absolute atomic E-state index is 0.0694. The lowest BCUT2D eigenvalue weighted by molar-refractivity contribution is 0.0707. The summed E-state index contributed by atoms with van der Waals surface area (Å²) in [5.41, 5.74) is 4.06. The van der Waals surface area contributed by atoms with Gasteiger partial charge in [0, 0.05) is 24.6 Å². The Labute approximate surface area is 158 Å². The molecular weight excluding hydrogens is 338 g/mol. The molecular formula is C21H23N5O. The summed E-state index contributed by atoms with van der Waals surface area (Å²) < 4.78 is 1.64. The molecule has 0 radical (unpaired) electrons. The molecule has 0 unspecified atom stereocenters. The molecule has 1 aliphatic rings. The van der Waals surface area contributed by atoms with Crippen molar-refractivity contribution < 1.29 is 4.79 Å². The molecule has 6 nitrogen and oxygen atoms in total. The van der Waals surface area contributed by atoms with Crippen LogP contribution in [0.3, 0.4) is 0 Å². The quantitative estimate of drug-likeness (QED) is 0.718. The van der Waals surface area contributed by atoms with Crippen molar-refractivity contribution in [2.45, 2.75) is 32.6 Å². The van der Waals surface area contributed by atoms with Crippen LogP contribution < -0.4 is 0 Å². The van der Waals surface area contributed by atoms with E-state index in [-0.39, 0.29) is 5.91 Å². The van der Waals surface area contributed by atoms with Gasteiger partial charge in [-0.25, -0.2) is 0 Å². The number of hydrogen-bond donors (Lipinski definition) is 0. The van der Waals surface area contributed by atoms with E-state index in [1.807, 2.05) is 36.1 Å². The number of piperidine rings is 1. The smallest absolute Gasteiger partial charge is 0.253 e. The van der Waals surface area contributed by atoms with Crippen LogP contribution in [0.2, 0.25) is 0 Å². The van der Waals surface area contributed by atoms with Crippen LogP contribution >= 0.6 is 0 Å². The Kier molecular flexibility index (Phi) is 4.71. The molecule has 6 heteroatoms. The van der Waals surface area contributed by atoms with E-state index in [0.717, 1.165) is 31.6 Å². The fraction of sp³-hybridized carbons (Fsp3) is 0.333. The number of carbonyl (C=O) groups excluding carboxylic acids is 1. The molecule has 1 amide bonds. The highest BCUT2D eigenvalue weighted by molar-refractivity contribution is 5.94. The number of tetrazole rings is 1. The van der Waals surface area contributed by atoms with Crippen LogP contribution in [-0.2, 0) is 0 Å². The second-order valence-corrected chi connectivity index (χ2v) is 7.19. The summed E-state index contributed by atoms with van der Waals surface area (Å²) in [6.07, 6.45) is 2.15. The molecule has 27 heavy (non-hydrogen) atoms. The second-order valence-electron chi connectivity index (χ2n) is 7.19. The van der Waals surface area contributed by atoms with Crippen molar-refractivity contribution >= 4 is 5.91 Å². The maximum absolute atomic E-state index is 13.1. The molecule has 4 rings (SSSR count). The maximum Gasteiger partial charge on any atom is 0.253 e. The summed E-state index contributed by atoms with van der Waals surface area (Å²) >= 11 is 0. The van der Waals surface area contributed by atoms with Crippen molar-refractivity contribution in [2.75, 3.05) is 13.1 Å². The Hall–Kier alpha value is -3.02. The molecule has 0 spiro atoms. The first-order chi connectivity index (χ1) is 13.1. The fourth-order valence-electron chi connectivity index (χ4n) is 3.78. The summed E-state index contributed by atoms with van der Waals surface area (Å²) in [6, 6.07) is 16.1. The second kappa shape index (κ2) is 7.31. The van der Waals surface area contributed by atoms with Gasteiger partial charge in [-0.2, -0.15) is 4.68 Å². The van der Waals surface area contributed by atoms with Crippen LogP contribution in [0.5, 0.6) is 0 Å². The average molecular weight is 361 g/mol. The van der Waals surface area contributed by atoms with Crippen LogP contribution in [0.4, 0.5) is 0 Å². The zero-order chi connectivity index (χ0) is 18.8. The lowest BCUT2D eigenvalue weighted by Crippen LogP contribution is -2.39. The number of aryl methyl sites for hydroxylation is 2. The molecule has 2 aromatic carbocycles. The third-order valence-corrected chi connectivity index (χ3v) is 5.19. The van der Waals surface area contributed by atoms with Gasteiger partial charge in [-0.05, 0) is 60.9 Å². The Morgan fingerprint density at radius 1 is 1.11 bits per heavy atom. The van der Waals surface area contributed by atoms with E-state index >= 15 is 0 Å². The van der Waals surface area contributed by atoms with Gasteiger partial charge in [-0.1, -0.05) is 35.9 Å². The average Bonchev–Trinajstić information content (AvgIpc) is 3.13. The van der Waals surface area contributed by atoms with Gasteiger partial charge in [0.05, 0.1) is 5.69 Å². The summed E-state index contributed by atoms with van der Waals surface area (Å²) in [5, 5.41) is 11.6. The Balaban J connectivity index is 1.55. The van der Waals surface area contributed by atoms with Crippen molar-refractivity contribution in [1.82, 2.24) is 25.1 Å². The normalized spacial score (nSPS) is 17.1. The Morgan fingerprint density at radius 3 is 2.74 bits per heavy atom. The van der Waals surface area contributed by atoms with Crippen LogP contribution in [-0.4, -0.2) is 44.1 Å². The summed E-state index contributed by atoms with van der Waals surface area (Å²) in [7, 11) is 0. The van der Waals surface area contributed by atoms with Gasteiger partial charge in [0.25, 0.3) is 5.91 Å². The zero-order valence-corrected chi connectivity index (χ0v) is 15.7. The van der Waals surface area contributed by atoms with Gasteiger partial charge in [-0.15, -0.1) is 5.10 Å². The van der Waals surface area contributed by atoms with E-state index in [1.165, 1.54) is 11.1 Å². The van der Waals surface area contributed by atoms with Gasteiger partial charge in [0.2, 0.25) is 0 Å². The Morgan fingerprint density at radius 2 is 1.96 bits per heavy atom. The third-order valence-electron chi connectivity index (χ3n) is 5.19. The standard InChI is InChI=1S/C21H23N5O/c1-15-6-3-7-17(12-15)19-9-5-11-25(14-19)21(27)18-8-4-10-20(13-18)26-16(2)22-23-24-26/h3-4,6-8,10,12-13,19H,5,9,11,14H2,1-2H3/t19-/m1/s1. The maximum atomic E-state index is 13.1. The van der Waals surface area contributed by atoms with Crippen LogP contribution in [0, 0.1) is 13.8 Å². The van der Waals surface area contributed by atoms with E-state index < -0.39 is 0 Å². The molecule has 0 saturated carbocycles. The van der Waals surface area contributed by atoms with Crippen LogP contribution in [0.25, 0.3) is 5.69 Å². The first-order valence-corrected chi connectivity index (χ1v) is 9.33. The molecule has 1 aromatic heterocycles. The van der Waals surface area contributed by atoms with Gasteiger partial charge in [0.1, 0.15) is 0 Å². The first-order valence-electron chi connectivity index (χ1n) is 9.33. The highest BCUT2D eigenvalue weighted by Gasteiger charge is 2.25. The first kappa shape index (κ1) is 17.4. The van der Waals surface area contributed by atoms with Crippen molar-refractivity contribution in [3.8, 4) is 5.69 Å². The number of aromatic nitrogens is 4. The number of benzene rings is 2. The molecule has 0 N–H and O–H groups in total. The number of nitrogens with zero attached hydrogens (tertiary/aromatic N) is 5. The SMILES string of the molecule is Cc1cccc([C@@H]2CCCN(C(=O)c3cccc(-n4nnnc4C)c3)C2)c1. The minimum atomic E-state index is 0.0694. The molecule has 2 heterocycles. The monoisotopic (exact) mass is 361 g/mol. The van der Waals surface area contributed by atoms with Crippen molar-refractivity contribution in [3.63, 3.8) is 0 Å². The van der Waals surface area contributed by atoms with Crippen LogP contribution in [0.15, 0.2) is 48.5 Å². The molecule has 1 fully saturated rings. The lowest BCUT2D eigenvalue weighted by Gasteiger charge is -2.33. The van der Waals surface area contributed by atoms with Gasteiger partial charge >= 0.3 is 0 Å². The number of rotatable bonds is 3. The van der Waals surface area contributed by atoms with Crippen LogP contribution in [0.1, 0.15) is 46.1 Å². The lowest BCUT2D eigenvalue weighted by atomic mass is 9.89. The summed E-state index contributed by atoms with van der Waals surface area (Å²) in [5.74, 6) is 1.16. The zero-order valence-electron chi connectivity index (χ0n) is 15.7. The summed E-state index contributed by atoms with van der Waals surface area (Å²) in [6.45, 7) is 5.51. The van der Waals surface area contributed by atoms with Gasteiger partial charge in [-0.3, -0.25) is 4.79 Å². The van der Waals surface area contributed by atoms with Crippen molar-refractivity contribution in [1.29, 1.82) is 0 Å². The topological polar surface area (TPSA) is 63.9 Å². The van der Waals surface area contributed by atoms with Crippen molar-refractivity contribution in [2.24, 2.45) is 0 Å². The molecule has 1 saturated heterocycles. The molecule has 1 atom stereocenters. The number of amides is 1. The number of carbonyl (C=O) groups is 1. The molecule has 1 aliphatic heterocycles. The van der Waals surface area contributed by atoms with E-state index in [1.54, 1.807) is 4.68 Å². The van der Waals surface area contributed by atoms with E-state index in [2.05, 4.69) is 46.7 Å². The molecule has 138 valence electrons. The third kappa shape index (κ3) is 3.60. The van der Waals surface area contributed by atoms with E-state index in [4.69, 9.17) is 0 Å². The largest absolute Gasteiger partial charge is 0.338 e. The molecule has 0 aliphatic carbocycles. The van der Waals surface area contributed by atoms with Crippen molar-refractivity contribution in [3.05, 3.63) is 71.0 Å². The number of hydrogen-bond acceptors (Lipinski definition) is 4. The minimum Gasteiger partial charge on any atom is -0.338 e. The highest BCUT2D eigenvalue weighted by Crippen LogP contribution is 2.28. The predicted molar refractivity (Wildman–Crippen MR) is 103 cm³/mol. The predicted octanol–water partition coefficient (Wildman–Crippen LogP) is 3.30. The molecule has 0 bridgehead atoms. The fourth-order valence-corrected chi connectivity index (χ4v) is 3.78. The van der Waals surface area contributed by atoms with E-state index in [9.17, 15) is 4.79 Å². The summed E-state index contributed by atoms with van der Waals surface area (Å²) in [4.78, 5) is 15.1.